The molecule has 106 valence electrons. The minimum absolute atomic E-state index is 0.182. The minimum atomic E-state index is -0.622. The van der Waals surface area contributed by atoms with E-state index in [0.29, 0.717) is 16.1 Å². The number of hydrogen-bond acceptors (Lipinski definition) is 4. The predicted octanol–water partition coefficient (Wildman–Crippen LogP) is 3.40. The van der Waals surface area contributed by atoms with Gasteiger partial charge in [-0.05, 0) is 25.8 Å². The Morgan fingerprint density at radius 3 is 2.90 bits per heavy atom. The van der Waals surface area contributed by atoms with Gasteiger partial charge in [0.25, 0.3) is 5.91 Å². The highest BCUT2D eigenvalue weighted by Gasteiger charge is 2.14. The molecule has 0 radical (unpaired) electrons. The molecule has 1 aromatic carbocycles. The molecule has 2 rings (SSSR count). The first-order valence-corrected chi connectivity index (χ1v) is 7.46. The number of aryl methyl sites for hydroxylation is 1. The van der Waals surface area contributed by atoms with E-state index in [9.17, 15) is 9.90 Å². The zero-order valence-corrected chi connectivity index (χ0v) is 12.4. The number of para-hydroxylation sites is 1. The maximum absolute atomic E-state index is 12.2. The SMILES string of the molecule is CCCc1ncc(C(=O)Nc2ccccc2[C@H](C)O)s1. The number of nitrogens with one attached hydrogen (secondary N) is 1. The van der Waals surface area contributed by atoms with Crippen LogP contribution in [0.25, 0.3) is 0 Å². The molecular weight excluding hydrogens is 272 g/mol. The van der Waals surface area contributed by atoms with Crippen LogP contribution in [-0.2, 0) is 6.42 Å². The molecule has 0 bridgehead atoms. The van der Waals surface area contributed by atoms with Crippen LogP contribution in [0.1, 0.15) is 46.6 Å². The fraction of sp³-hybridized carbons (Fsp3) is 0.333. The second-order valence-corrected chi connectivity index (χ2v) is 5.70. The van der Waals surface area contributed by atoms with Crippen molar-refractivity contribution >= 4 is 22.9 Å². The first kappa shape index (κ1) is 14.7. The maximum Gasteiger partial charge on any atom is 0.267 e. The Morgan fingerprint density at radius 2 is 2.20 bits per heavy atom. The highest BCUT2D eigenvalue weighted by molar-refractivity contribution is 7.13. The number of amides is 1. The lowest BCUT2D eigenvalue weighted by atomic mass is 10.1. The molecule has 4 nitrogen and oxygen atoms in total. The molecule has 1 aromatic heterocycles. The lowest BCUT2D eigenvalue weighted by Crippen LogP contribution is -2.12. The van der Waals surface area contributed by atoms with E-state index >= 15 is 0 Å². The van der Waals surface area contributed by atoms with Gasteiger partial charge in [0.05, 0.1) is 17.3 Å². The van der Waals surface area contributed by atoms with Gasteiger partial charge in [0.15, 0.2) is 0 Å². The summed E-state index contributed by atoms with van der Waals surface area (Å²) in [4.78, 5) is 17.0. The van der Waals surface area contributed by atoms with Crippen LogP contribution >= 0.6 is 11.3 Å². The van der Waals surface area contributed by atoms with Gasteiger partial charge in [0.2, 0.25) is 0 Å². The van der Waals surface area contributed by atoms with Crippen LogP contribution in [0.15, 0.2) is 30.5 Å². The summed E-state index contributed by atoms with van der Waals surface area (Å²) in [5.74, 6) is -0.182. The van der Waals surface area contributed by atoms with Crippen molar-refractivity contribution in [3.8, 4) is 0 Å². The molecule has 1 atom stereocenters. The van der Waals surface area contributed by atoms with Gasteiger partial charge < -0.3 is 10.4 Å². The fourth-order valence-electron chi connectivity index (χ4n) is 1.90. The summed E-state index contributed by atoms with van der Waals surface area (Å²) in [6, 6.07) is 7.25. The molecule has 0 fully saturated rings. The summed E-state index contributed by atoms with van der Waals surface area (Å²) >= 11 is 1.41. The summed E-state index contributed by atoms with van der Waals surface area (Å²) in [6.45, 7) is 3.76. The van der Waals surface area contributed by atoms with Gasteiger partial charge in [-0.1, -0.05) is 25.1 Å². The molecule has 2 aromatic rings. The van der Waals surface area contributed by atoms with Gasteiger partial charge in [0, 0.05) is 11.3 Å². The Morgan fingerprint density at radius 1 is 1.45 bits per heavy atom. The quantitative estimate of drug-likeness (QED) is 0.887. The fourth-order valence-corrected chi connectivity index (χ4v) is 2.82. The first-order valence-electron chi connectivity index (χ1n) is 6.65. The number of nitrogens with zero attached hydrogens (tertiary/aromatic N) is 1. The Bertz CT molecular complexity index is 593. The number of anilines is 1. The number of hydrogen-bond donors (Lipinski definition) is 2. The van der Waals surface area contributed by atoms with E-state index in [2.05, 4.69) is 17.2 Å². The van der Waals surface area contributed by atoms with Gasteiger partial charge in [-0.2, -0.15) is 0 Å². The van der Waals surface area contributed by atoms with Crippen molar-refractivity contribution in [1.29, 1.82) is 0 Å². The van der Waals surface area contributed by atoms with Crippen LogP contribution in [0.2, 0.25) is 0 Å². The second kappa shape index (κ2) is 6.63. The predicted molar refractivity (Wildman–Crippen MR) is 81.1 cm³/mol. The number of thiazole rings is 1. The van der Waals surface area contributed by atoms with Crippen molar-refractivity contribution in [3.05, 3.63) is 45.9 Å². The maximum atomic E-state index is 12.2. The first-order chi connectivity index (χ1) is 9.61. The summed E-state index contributed by atoms with van der Waals surface area (Å²) in [7, 11) is 0. The number of benzene rings is 1. The van der Waals surface area contributed by atoms with E-state index < -0.39 is 6.10 Å². The molecule has 0 saturated carbocycles. The molecule has 0 aliphatic heterocycles. The van der Waals surface area contributed by atoms with Gasteiger partial charge in [0.1, 0.15) is 4.88 Å². The lowest BCUT2D eigenvalue weighted by molar-refractivity contribution is 0.103. The number of carbonyl (C=O) groups is 1. The van der Waals surface area contributed by atoms with Crippen molar-refractivity contribution in [2.24, 2.45) is 0 Å². The largest absolute Gasteiger partial charge is 0.389 e. The Kier molecular flexibility index (Phi) is 4.87. The summed E-state index contributed by atoms with van der Waals surface area (Å²) < 4.78 is 0. The zero-order chi connectivity index (χ0) is 14.5. The Balaban J connectivity index is 2.15. The average Bonchev–Trinajstić information content (AvgIpc) is 2.88. The van der Waals surface area contributed by atoms with E-state index in [1.165, 1.54) is 11.3 Å². The molecule has 0 aliphatic carbocycles. The zero-order valence-electron chi connectivity index (χ0n) is 11.6. The van der Waals surface area contributed by atoms with Gasteiger partial charge in [-0.15, -0.1) is 11.3 Å². The molecule has 1 heterocycles. The van der Waals surface area contributed by atoms with E-state index in [-0.39, 0.29) is 5.91 Å². The molecule has 0 unspecified atom stereocenters. The topological polar surface area (TPSA) is 62.2 Å². The molecule has 20 heavy (non-hydrogen) atoms. The number of aliphatic hydroxyl groups is 1. The van der Waals surface area contributed by atoms with Crippen LogP contribution < -0.4 is 5.32 Å². The third-order valence-electron chi connectivity index (χ3n) is 2.90. The normalized spacial score (nSPS) is 12.2. The Labute approximate surface area is 122 Å². The Hall–Kier alpha value is -1.72. The average molecular weight is 290 g/mol. The van der Waals surface area contributed by atoms with E-state index in [4.69, 9.17) is 0 Å². The highest BCUT2D eigenvalue weighted by atomic mass is 32.1. The number of carbonyl (C=O) groups excluding carboxylic acids is 1. The van der Waals surface area contributed by atoms with Crippen LogP contribution in [-0.4, -0.2) is 16.0 Å². The standard InChI is InChI=1S/C15H18N2O2S/c1-3-6-14-16-9-13(20-14)15(19)17-12-8-5-4-7-11(12)10(2)18/h4-5,7-10,18H,3,6H2,1-2H3,(H,17,19)/t10-/m0/s1. The van der Waals surface area contributed by atoms with Crippen molar-refractivity contribution in [1.82, 2.24) is 4.98 Å². The van der Waals surface area contributed by atoms with Crippen molar-refractivity contribution in [2.75, 3.05) is 5.32 Å². The van der Waals surface area contributed by atoms with Crippen LogP contribution in [0, 0.1) is 0 Å². The molecule has 0 spiro atoms. The number of aliphatic hydroxyl groups excluding tert-OH is 1. The van der Waals surface area contributed by atoms with Crippen LogP contribution in [0.4, 0.5) is 5.69 Å². The van der Waals surface area contributed by atoms with Gasteiger partial charge in [-0.25, -0.2) is 4.98 Å². The van der Waals surface area contributed by atoms with E-state index in [0.717, 1.165) is 17.8 Å². The highest BCUT2D eigenvalue weighted by Crippen LogP contribution is 2.23. The molecule has 0 saturated heterocycles. The smallest absolute Gasteiger partial charge is 0.267 e. The van der Waals surface area contributed by atoms with Crippen molar-refractivity contribution < 1.29 is 9.90 Å². The van der Waals surface area contributed by atoms with Crippen molar-refractivity contribution in [3.63, 3.8) is 0 Å². The third kappa shape index (κ3) is 3.43. The van der Waals surface area contributed by atoms with Crippen LogP contribution in [0.3, 0.4) is 0 Å². The monoisotopic (exact) mass is 290 g/mol. The molecule has 5 heteroatoms. The molecule has 2 N–H and O–H groups in total. The summed E-state index contributed by atoms with van der Waals surface area (Å²) in [5.41, 5.74) is 1.34. The third-order valence-corrected chi connectivity index (χ3v) is 3.96. The molecular formula is C15H18N2O2S. The lowest BCUT2D eigenvalue weighted by Gasteiger charge is -2.12. The summed E-state index contributed by atoms with van der Waals surface area (Å²) in [6.07, 6.45) is 2.89. The van der Waals surface area contributed by atoms with E-state index in [1.54, 1.807) is 25.3 Å². The number of rotatable bonds is 5. The molecule has 0 aliphatic rings. The number of aromatic nitrogens is 1. The molecule has 1 amide bonds. The summed E-state index contributed by atoms with van der Waals surface area (Å²) in [5, 5.41) is 13.5. The van der Waals surface area contributed by atoms with Gasteiger partial charge >= 0.3 is 0 Å². The van der Waals surface area contributed by atoms with E-state index in [1.807, 2.05) is 12.1 Å². The minimum Gasteiger partial charge on any atom is -0.389 e. The second-order valence-electron chi connectivity index (χ2n) is 4.59. The van der Waals surface area contributed by atoms with Crippen LogP contribution in [0.5, 0.6) is 0 Å². The van der Waals surface area contributed by atoms with Crippen molar-refractivity contribution in [2.45, 2.75) is 32.8 Å². The van der Waals surface area contributed by atoms with Gasteiger partial charge in [-0.3, -0.25) is 4.79 Å².